The minimum absolute atomic E-state index is 0. The zero-order chi connectivity index (χ0) is 26.6. The van der Waals surface area contributed by atoms with Gasteiger partial charge in [0.15, 0.2) is 9.84 Å². The van der Waals surface area contributed by atoms with E-state index in [0.29, 0.717) is 13.1 Å². The molecule has 38 heavy (non-hydrogen) atoms. The fourth-order valence-corrected chi connectivity index (χ4v) is 6.83. The van der Waals surface area contributed by atoms with Crippen molar-refractivity contribution in [2.75, 3.05) is 29.5 Å². The van der Waals surface area contributed by atoms with Gasteiger partial charge < -0.3 is 14.7 Å². The van der Waals surface area contributed by atoms with Crippen molar-refractivity contribution in [3.05, 3.63) is 42.8 Å². The minimum Gasteiger partial charge on any atom is -0.369 e. The van der Waals surface area contributed by atoms with Crippen molar-refractivity contribution < 1.29 is 19.2 Å². The Morgan fingerprint density at radius 1 is 1.13 bits per heavy atom. The minimum atomic E-state index is -2.86. The van der Waals surface area contributed by atoms with E-state index in [0.717, 1.165) is 65.4 Å². The summed E-state index contributed by atoms with van der Waals surface area (Å²) in [5.74, 6) is 0.744. The maximum atomic E-state index is 11.8. The number of amides is 1. The summed E-state index contributed by atoms with van der Waals surface area (Å²) in [5.41, 5.74) is 2.39. The molecule has 1 amide bonds. The standard InChI is InChI=1S/C16H15N3O3S2.C11H16N2O.H2/c20-24(21)9-6-19(7-10-24)13-3-1-12(2-4-13)15-11-17-16(23-15)14-5-8-22-18-14;12-8-11(6-7-11)13-10(14)9-4-2-1-3-5-9;/h1-5,8,11H,6-7,9-10H2;9H,1-7H2,(H,13,14);1H. The molecule has 0 unspecified atom stereocenters. The van der Waals surface area contributed by atoms with Gasteiger partial charge in [0, 0.05) is 38.4 Å². The van der Waals surface area contributed by atoms with Crippen LogP contribution in [0.1, 0.15) is 46.4 Å². The normalized spacial score (nSPS) is 20.0. The molecular formula is C27H33N5O4S2. The van der Waals surface area contributed by atoms with E-state index in [1.165, 1.54) is 12.7 Å². The van der Waals surface area contributed by atoms with Crippen molar-refractivity contribution in [3.8, 4) is 27.2 Å². The summed E-state index contributed by atoms with van der Waals surface area (Å²) in [5, 5.41) is 16.4. The number of aromatic nitrogens is 2. The van der Waals surface area contributed by atoms with Crippen LogP contribution >= 0.6 is 11.3 Å². The molecule has 9 nitrogen and oxygen atoms in total. The lowest BCUT2D eigenvalue weighted by molar-refractivity contribution is -0.126. The van der Waals surface area contributed by atoms with Crippen molar-refractivity contribution in [1.29, 1.82) is 5.26 Å². The monoisotopic (exact) mass is 555 g/mol. The highest BCUT2D eigenvalue weighted by Crippen LogP contribution is 2.36. The van der Waals surface area contributed by atoms with Crippen LogP contribution in [0.3, 0.4) is 0 Å². The zero-order valence-electron chi connectivity index (χ0n) is 21.1. The van der Waals surface area contributed by atoms with Gasteiger partial charge in [-0.15, -0.1) is 11.3 Å². The molecule has 1 N–H and O–H groups in total. The van der Waals surface area contributed by atoms with Gasteiger partial charge in [-0.05, 0) is 43.4 Å². The summed E-state index contributed by atoms with van der Waals surface area (Å²) >= 11 is 1.56. The average molecular weight is 556 g/mol. The third-order valence-corrected chi connectivity index (χ3v) is 10.0. The quantitative estimate of drug-likeness (QED) is 0.480. The lowest BCUT2D eigenvalue weighted by Crippen LogP contribution is -2.40. The van der Waals surface area contributed by atoms with Gasteiger partial charge in [0.1, 0.15) is 22.5 Å². The van der Waals surface area contributed by atoms with E-state index in [1.54, 1.807) is 17.4 Å². The van der Waals surface area contributed by atoms with Crippen LogP contribution in [0.25, 0.3) is 21.1 Å². The number of nitrogens with one attached hydrogen (secondary N) is 1. The van der Waals surface area contributed by atoms with Gasteiger partial charge in [0.2, 0.25) is 5.91 Å². The molecule has 0 spiro atoms. The number of carbonyl (C=O) groups excluding carboxylic acids is 1. The van der Waals surface area contributed by atoms with Crippen LogP contribution in [0.4, 0.5) is 5.69 Å². The van der Waals surface area contributed by atoms with Crippen molar-refractivity contribution >= 4 is 32.8 Å². The highest BCUT2D eigenvalue weighted by Gasteiger charge is 2.45. The van der Waals surface area contributed by atoms with E-state index < -0.39 is 15.4 Å². The van der Waals surface area contributed by atoms with Gasteiger partial charge in [-0.3, -0.25) is 4.79 Å². The number of thiazole rings is 1. The molecule has 1 aromatic carbocycles. The number of nitriles is 1. The molecule has 11 heteroatoms. The van der Waals surface area contributed by atoms with Gasteiger partial charge in [-0.1, -0.05) is 36.6 Å². The van der Waals surface area contributed by atoms with E-state index in [2.05, 4.69) is 26.4 Å². The van der Waals surface area contributed by atoms with E-state index in [-0.39, 0.29) is 24.8 Å². The predicted molar refractivity (Wildman–Crippen MR) is 148 cm³/mol. The zero-order valence-corrected chi connectivity index (χ0v) is 22.8. The number of benzene rings is 1. The largest absolute Gasteiger partial charge is 0.369 e. The molecular weight excluding hydrogens is 522 g/mol. The van der Waals surface area contributed by atoms with Gasteiger partial charge in [-0.25, -0.2) is 13.4 Å². The first-order chi connectivity index (χ1) is 18.4. The Bertz CT molecular complexity index is 1380. The van der Waals surface area contributed by atoms with Crippen molar-refractivity contribution in [3.63, 3.8) is 0 Å². The molecule has 6 rings (SSSR count). The third kappa shape index (κ3) is 6.42. The van der Waals surface area contributed by atoms with Crippen LogP contribution in [0.2, 0.25) is 0 Å². The number of sulfone groups is 1. The van der Waals surface area contributed by atoms with Crippen molar-refractivity contribution in [1.82, 2.24) is 15.5 Å². The van der Waals surface area contributed by atoms with Crippen LogP contribution in [0.5, 0.6) is 0 Å². The number of nitrogens with zero attached hydrogens (tertiary/aromatic N) is 4. The fourth-order valence-electron chi connectivity index (χ4n) is 4.75. The van der Waals surface area contributed by atoms with Crippen molar-refractivity contribution in [2.24, 2.45) is 5.92 Å². The van der Waals surface area contributed by atoms with Crippen LogP contribution in [0.15, 0.2) is 47.3 Å². The fraction of sp³-hybridized carbons (Fsp3) is 0.481. The second kappa shape index (κ2) is 11.3. The van der Waals surface area contributed by atoms with Crippen LogP contribution in [-0.4, -0.2) is 54.6 Å². The predicted octanol–water partition coefficient (Wildman–Crippen LogP) is 4.68. The smallest absolute Gasteiger partial charge is 0.224 e. The third-order valence-electron chi connectivity index (χ3n) is 7.33. The van der Waals surface area contributed by atoms with Crippen LogP contribution in [0, 0.1) is 17.2 Å². The Balaban J connectivity index is 0.000000202. The van der Waals surface area contributed by atoms with Crippen molar-refractivity contribution in [2.45, 2.75) is 50.5 Å². The van der Waals surface area contributed by atoms with E-state index in [9.17, 15) is 13.2 Å². The molecule has 2 aromatic heterocycles. The molecule has 2 aliphatic carbocycles. The van der Waals surface area contributed by atoms with Gasteiger partial charge in [0.25, 0.3) is 0 Å². The number of rotatable bonds is 5. The molecule has 1 saturated heterocycles. The van der Waals surface area contributed by atoms with Gasteiger partial charge in [-0.2, -0.15) is 5.26 Å². The first-order valence-electron chi connectivity index (χ1n) is 13.0. The molecule has 3 fully saturated rings. The summed E-state index contributed by atoms with van der Waals surface area (Å²) in [6.45, 7) is 1.11. The molecule has 2 saturated carbocycles. The number of anilines is 1. The molecule has 1 aliphatic heterocycles. The Hall–Kier alpha value is -3.23. The maximum Gasteiger partial charge on any atom is 0.224 e. The first-order valence-corrected chi connectivity index (χ1v) is 15.7. The Kier molecular flexibility index (Phi) is 7.81. The number of carbonyl (C=O) groups is 1. The summed E-state index contributed by atoms with van der Waals surface area (Å²) < 4.78 is 27.9. The number of hydrogen-bond donors (Lipinski definition) is 1. The van der Waals surface area contributed by atoms with E-state index >= 15 is 0 Å². The molecule has 0 atom stereocenters. The SMILES string of the molecule is N#CC1(NC(=O)C2CCCCC2)CC1.O=S1(=O)CCN(c2ccc(-c3cnc(-c4ccon4)s3)cc2)CC1.[HH]. The molecule has 3 aliphatic rings. The highest BCUT2D eigenvalue weighted by atomic mass is 32.2. The molecule has 3 aromatic rings. The van der Waals surface area contributed by atoms with Crippen LogP contribution < -0.4 is 10.2 Å². The first kappa shape index (κ1) is 26.4. The Labute approximate surface area is 228 Å². The lowest BCUT2D eigenvalue weighted by atomic mass is 9.88. The summed E-state index contributed by atoms with van der Waals surface area (Å²) in [6, 6.07) is 12.1. The Morgan fingerprint density at radius 2 is 1.84 bits per heavy atom. The molecule has 0 bridgehead atoms. The number of hydrogen-bond acceptors (Lipinski definition) is 9. The maximum absolute atomic E-state index is 11.8. The second-order valence-corrected chi connectivity index (χ2v) is 13.5. The van der Waals surface area contributed by atoms with Crippen LogP contribution in [-0.2, 0) is 14.6 Å². The van der Waals surface area contributed by atoms with E-state index in [4.69, 9.17) is 9.78 Å². The molecule has 0 radical (unpaired) electrons. The molecule has 202 valence electrons. The lowest BCUT2D eigenvalue weighted by Gasteiger charge is -2.28. The summed E-state index contributed by atoms with van der Waals surface area (Å²) in [7, 11) is -2.86. The summed E-state index contributed by atoms with van der Waals surface area (Å²) in [6.07, 6.45) is 10.6. The van der Waals surface area contributed by atoms with Gasteiger partial charge >= 0.3 is 0 Å². The highest BCUT2D eigenvalue weighted by molar-refractivity contribution is 7.91. The second-order valence-electron chi connectivity index (χ2n) is 10.1. The Morgan fingerprint density at radius 3 is 2.45 bits per heavy atom. The topological polar surface area (TPSA) is 129 Å². The summed E-state index contributed by atoms with van der Waals surface area (Å²) in [4.78, 5) is 19.3. The van der Waals surface area contributed by atoms with E-state index in [1.807, 2.05) is 30.5 Å². The average Bonchev–Trinajstić information content (AvgIpc) is 3.30. The molecule has 3 heterocycles. The van der Waals surface area contributed by atoms with Gasteiger partial charge in [0.05, 0.1) is 22.5 Å².